The number of nitrogens with zero attached hydrogens (tertiary/aromatic N) is 3. The van der Waals surface area contributed by atoms with Crippen molar-refractivity contribution in [2.45, 2.75) is 4.90 Å². The standard InChI is InChI=1S/C20H19N5O8S/c1-31-19-11-17(22-20(23-19)32-2)24-34(29,30)14-9-7-13(8-10-14)21-18(26)12-33-16-6-4-3-5-15(16)25(27)28/h3-11H,12H2,1-2H3,(H,21,26)(H,22,23,24). The quantitative estimate of drug-likeness (QED) is 0.318. The van der Waals surface area contributed by atoms with Crippen LogP contribution in [0, 0.1) is 10.1 Å². The van der Waals surface area contributed by atoms with Crippen LogP contribution < -0.4 is 24.2 Å². The van der Waals surface area contributed by atoms with Crippen molar-refractivity contribution in [1.29, 1.82) is 0 Å². The molecular formula is C20H19N5O8S. The minimum Gasteiger partial charge on any atom is -0.481 e. The molecule has 0 aliphatic carbocycles. The van der Waals surface area contributed by atoms with E-state index in [1.165, 1.54) is 62.8 Å². The van der Waals surface area contributed by atoms with Gasteiger partial charge in [-0.2, -0.15) is 9.97 Å². The monoisotopic (exact) mass is 489 g/mol. The maximum Gasteiger partial charge on any atom is 0.321 e. The number of anilines is 2. The van der Waals surface area contributed by atoms with Crippen LogP contribution in [-0.4, -0.2) is 50.0 Å². The van der Waals surface area contributed by atoms with Gasteiger partial charge in [-0.25, -0.2) is 8.42 Å². The average molecular weight is 489 g/mol. The first-order valence-electron chi connectivity index (χ1n) is 9.48. The number of nitro groups is 1. The van der Waals surface area contributed by atoms with Gasteiger partial charge in [-0.15, -0.1) is 0 Å². The molecule has 3 aromatic rings. The van der Waals surface area contributed by atoms with Crippen LogP contribution >= 0.6 is 0 Å². The first-order valence-corrected chi connectivity index (χ1v) is 11.0. The van der Waals surface area contributed by atoms with Gasteiger partial charge < -0.3 is 19.5 Å². The molecule has 13 nitrogen and oxygen atoms in total. The highest BCUT2D eigenvalue weighted by molar-refractivity contribution is 7.92. The molecule has 0 unspecified atom stereocenters. The molecule has 0 saturated carbocycles. The Balaban J connectivity index is 1.64. The van der Waals surface area contributed by atoms with Gasteiger partial charge in [0.1, 0.15) is 0 Å². The summed E-state index contributed by atoms with van der Waals surface area (Å²) in [5, 5.41) is 13.5. The molecule has 3 rings (SSSR count). The summed E-state index contributed by atoms with van der Waals surface area (Å²) in [5.41, 5.74) is 0.0248. The number of hydrogen-bond donors (Lipinski definition) is 2. The largest absolute Gasteiger partial charge is 0.481 e. The van der Waals surface area contributed by atoms with Gasteiger partial charge in [-0.3, -0.25) is 19.6 Å². The Morgan fingerprint density at radius 2 is 1.76 bits per heavy atom. The van der Waals surface area contributed by atoms with Crippen LogP contribution in [0.25, 0.3) is 0 Å². The van der Waals surface area contributed by atoms with Crippen LogP contribution in [-0.2, 0) is 14.8 Å². The van der Waals surface area contributed by atoms with Gasteiger partial charge in [0, 0.05) is 17.8 Å². The number of benzene rings is 2. The Labute approximate surface area is 193 Å². The van der Waals surface area contributed by atoms with Crippen molar-refractivity contribution in [3.8, 4) is 17.6 Å². The molecule has 0 spiro atoms. The first-order chi connectivity index (χ1) is 16.2. The molecule has 14 heteroatoms. The van der Waals surface area contributed by atoms with Crippen molar-refractivity contribution >= 4 is 33.1 Å². The first kappa shape index (κ1) is 24.2. The second kappa shape index (κ2) is 10.4. The van der Waals surface area contributed by atoms with Crippen molar-refractivity contribution in [2.24, 2.45) is 0 Å². The third-order valence-corrected chi connectivity index (χ3v) is 5.55. The lowest BCUT2D eigenvalue weighted by molar-refractivity contribution is -0.385. The van der Waals surface area contributed by atoms with Gasteiger partial charge in [-0.05, 0) is 30.3 Å². The Bertz CT molecular complexity index is 1280. The smallest absolute Gasteiger partial charge is 0.321 e. The zero-order chi connectivity index (χ0) is 24.7. The Morgan fingerprint density at radius 3 is 2.41 bits per heavy atom. The normalized spacial score (nSPS) is 10.8. The van der Waals surface area contributed by atoms with E-state index in [1.807, 2.05) is 0 Å². The molecule has 0 atom stereocenters. The van der Waals surface area contributed by atoms with Gasteiger partial charge >= 0.3 is 11.7 Å². The lowest BCUT2D eigenvalue weighted by atomic mass is 10.3. The zero-order valence-corrected chi connectivity index (χ0v) is 18.7. The third-order valence-electron chi connectivity index (χ3n) is 4.18. The molecule has 178 valence electrons. The fraction of sp³-hybridized carbons (Fsp3) is 0.150. The number of carbonyl (C=O) groups excluding carboxylic acids is 1. The number of aromatic nitrogens is 2. The van der Waals surface area contributed by atoms with Gasteiger partial charge in [0.15, 0.2) is 18.2 Å². The van der Waals surface area contributed by atoms with E-state index in [1.54, 1.807) is 6.07 Å². The fourth-order valence-electron chi connectivity index (χ4n) is 2.64. The van der Waals surface area contributed by atoms with Crippen LogP contribution in [0.5, 0.6) is 17.6 Å². The Hall–Kier alpha value is -4.46. The number of amides is 1. The lowest BCUT2D eigenvalue weighted by Crippen LogP contribution is -2.20. The van der Waals surface area contributed by atoms with Crippen LogP contribution in [0.4, 0.5) is 17.2 Å². The van der Waals surface area contributed by atoms with E-state index in [-0.39, 0.29) is 34.0 Å². The van der Waals surface area contributed by atoms with Gasteiger partial charge in [-0.1, -0.05) is 12.1 Å². The SMILES string of the molecule is COc1cc(NS(=O)(=O)c2ccc(NC(=O)COc3ccccc3[N+](=O)[O-])cc2)nc(OC)n1. The van der Waals surface area contributed by atoms with Crippen molar-refractivity contribution < 1.29 is 32.3 Å². The summed E-state index contributed by atoms with van der Waals surface area (Å²) in [6.07, 6.45) is 0. The summed E-state index contributed by atoms with van der Waals surface area (Å²) >= 11 is 0. The molecule has 0 saturated heterocycles. The average Bonchev–Trinajstić information content (AvgIpc) is 2.82. The topological polar surface area (TPSA) is 172 Å². The van der Waals surface area contributed by atoms with E-state index < -0.39 is 27.5 Å². The molecule has 1 heterocycles. The molecule has 2 N–H and O–H groups in total. The third kappa shape index (κ3) is 6.07. The van der Waals surface area contributed by atoms with Crippen LogP contribution in [0.3, 0.4) is 0 Å². The van der Waals surface area contributed by atoms with Crippen molar-refractivity contribution in [3.05, 3.63) is 64.7 Å². The molecule has 2 aromatic carbocycles. The molecule has 0 bridgehead atoms. The number of ether oxygens (including phenoxy) is 3. The minimum absolute atomic E-state index is 0.0480. The van der Waals surface area contributed by atoms with Crippen molar-refractivity contribution in [2.75, 3.05) is 30.9 Å². The summed E-state index contributed by atoms with van der Waals surface area (Å²) in [6.45, 7) is -0.482. The summed E-state index contributed by atoms with van der Waals surface area (Å²) in [6, 6.07) is 12.2. The van der Waals surface area contributed by atoms with Crippen LogP contribution in [0.15, 0.2) is 59.5 Å². The predicted octanol–water partition coefficient (Wildman–Crippen LogP) is 2.22. The minimum atomic E-state index is -4.02. The lowest BCUT2D eigenvalue weighted by Gasteiger charge is -2.11. The number of nitrogens with one attached hydrogen (secondary N) is 2. The molecule has 0 aliphatic heterocycles. The Morgan fingerprint density at radius 1 is 1.06 bits per heavy atom. The fourth-order valence-corrected chi connectivity index (χ4v) is 3.63. The van der Waals surface area contributed by atoms with E-state index in [0.29, 0.717) is 5.69 Å². The van der Waals surface area contributed by atoms with E-state index in [0.717, 1.165) is 0 Å². The summed E-state index contributed by atoms with van der Waals surface area (Å²) in [5.74, 6) is -0.598. The van der Waals surface area contributed by atoms with Crippen LogP contribution in [0.1, 0.15) is 0 Å². The number of rotatable bonds is 10. The molecular weight excluding hydrogens is 470 g/mol. The number of hydrogen-bond acceptors (Lipinski definition) is 10. The highest BCUT2D eigenvalue weighted by Gasteiger charge is 2.18. The maximum atomic E-state index is 12.7. The second-order valence-corrected chi connectivity index (χ2v) is 8.16. The zero-order valence-electron chi connectivity index (χ0n) is 17.9. The highest BCUT2D eigenvalue weighted by Crippen LogP contribution is 2.26. The van der Waals surface area contributed by atoms with Gasteiger partial charge in [0.2, 0.25) is 5.88 Å². The molecule has 0 aliphatic rings. The summed E-state index contributed by atoms with van der Waals surface area (Å²) in [4.78, 5) is 30.2. The number of methoxy groups -OCH3 is 2. The highest BCUT2D eigenvalue weighted by atomic mass is 32.2. The van der Waals surface area contributed by atoms with Gasteiger partial charge in [0.25, 0.3) is 15.9 Å². The molecule has 0 radical (unpaired) electrons. The molecule has 1 aromatic heterocycles. The number of sulfonamides is 1. The summed E-state index contributed by atoms with van der Waals surface area (Å²) in [7, 11) is -1.33. The number of carbonyl (C=O) groups is 1. The second-order valence-electron chi connectivity index (χ2n) is 6.47. The summed E-state index contributed by atoms with van der Waals surface area (Å²) < 4.78 is 42.8. The molecule has 1 amide bonds. The number of para-hydroxylation sites is 2. The van der Waals surface area contributed by atoms with E-state index >= 15 is 0 Å². The number of nitro benzene ring substituents is 1. The Kier molecular flexibility index (Phi) is 7.43. The van der Waals surface area contributed by atoms with E-state index in [9.17, 15) is 23.3 Å². The van der Waals surface area contributed by atoms with Crippen molar-refractivity contribution in [3.63, 3.8) is 0 Å². The molecule has 0 fully saturated rings. The predicted molar refractivity (Wildman–Crippen MR) is 120 cm³/mol. The maximum absolute atomic E-state index is 12.7. The van der Waals surface area contributed by atoms with Crippen LogP contribution in [0.2, 0.25) is 0 Å². The van der Waals surface area contributed by atoms with Crippen molar-refractivity contribution in [1.82, 2.24) is 9.97 Å². The van der Waals surface area contributed by atoms with E-state index in [2.05, 4.69) is 20.0 Å². The van der Waals surface area contributed by atoms with E-state index in [4.69, 9.17) is 14.2 Å². The van der Waals surface area contributed by atoms with Gasteiger partial charge in [0.05, 0.1) is 24.0 Å². The molecule has 34 heavy (non-hydrogen) atoms.